The van der Waals surface area contributed by atoms with Gasteiger partial charge in [-0.25, -0.2) is 15.0 Å². The number of furan rings is 1. The van der Waals surface area contributed by atoms with Crippen LogP contribution in [-0.2, 0) is 5.41 Å². The van der Waals surface area contributed by atoms with E-state index < -0.39 is 0 Å². The molecule has 3 heterocycles. The van der Waals surface area contributed by atoms with Gasteiger partial charge >= 0.3 is 0 Å². The van der Waals surface area contributed by atoms with Crippen LogP contribution in [0.25, 0.3) is 67.2 Å². The minimum absolute atomic E-state index is 0.132. The van der Waals surface area contributed by atoms with Crippen molar-refractivity contribution in [1.82, 2.24) is 19.9 Å². The van der Waals surface area contributed by atoms with E-state index in [1.807, 2.05) is 79.1 Å². The molecule has 1 aliphatic carbocycles. The molecule has 0 saturated carbocycles. The zero-order valence-electron chi connectivity index (χ0n) is 25.2. The van der Waals surface area contributed by atoms with Crippen molar-refractivity contribution in [2.24, 2.45) is 11.8 Å². The molecular formula is C39H32N4O. The number of hydrogen-bond donors (Lipinski definition) is 0. The molecule has 5 heteroatoms. The Labute approximate surface area is 256 Å². The van der Waals surface area contributed by atoms with E-state index in [4.69, 9.17) is 19.4 Å². The summed E-state index contributed by atoms with van der Waals surface area (Å²) < 4.78 is 6.79. The Morgan fingerprint density at radius 1 is 0.568 bits per heavy atom. The number of hydrogen-bond acceptors (Lipinski definition) is 5. The number of nitrogens with zero attached hydrogens (tertiary/aromatic N) is 4. The van der Waals surface area contributed by atoms with Crippen molar-refractivity contribution < 1.29 is 4.42 Å². The van der Waals surface area contributed by atoms with Crippen molar-refractivity contribution in [1.29, 1.82) is 0 Å². The Bertz CT molecular complexity index is 2120. The summed E-state index contributed by atoms with van der Waals surface area (Å²) in [4.78, 5) is 19.4. The number of aromatic nitrogens is 4. The molecule has 0 spiro atoms. The fourth-order valence-electron chi connectivity index (χ4n) is 7.54. The smallest absolute Gasteiger partial charge is 0.167 e. The summed E-state index contributed by atoms with van der Waals surface area (Å²) >= 11 is 0. The molecule has 5 nitrogen and oxygen atoms in total. The van der Waals surface area contributed by atoms with Gasteiger partial charge in [0.25, 0.3) is 0 Å². The third kappa shape index (κ3) is 3.78. The molecule has 214 valence electrons. The Morgan fingerprint density at radius 2 is 1.20 bits per heavy atom. The molecule has 0 atom stereocenters. The van der Waals surface area contributed by atoms with Gasteiger partial charge in [0.1, 0.15) is 11.2 Å². The van der Waals surface area contributed by atoms with E-state index in [1.165, 1.54) is 22.3 Å². The Hall–Kier alpha value is -5.16. The first kappa shape index (κ1) is 26.5. The van der Waals surface area contributed by atoms with Crippen LogP contribution in [0.1, 0.15) is 38.8 Å². The summed E-state index contributed by atoms with van der Waals surface area (Å²) in [6, 6.07) is 33.2. The Kier molecular flexibility index (Phi) is 5.99. The highest BCUT2D eigenvalue weighted by molar-refractivity contribution is 6.11. The van der Waals surface area contributed by atoms with Gasteiger partial charge in [-0.1, -0.05) is 100 Å². The lowest BCUT2D eigenvalue weighted by Gasteiger charge is -2.40. The molecule has 0 amide bonds. The van der Waals surface area contributed by atoms with Crippen LogP contribution in [-0.4, -0.2) is 19.9 Å². The fraction of sp³-hybridized carbons (Fsp3) is 0.179. The highest BCUT2D eigenvalue weighted by Gasteiger charge is 2.48. The van der Waals surface area contributed by atoms with Crippen molar-refractivity contribution in [3.05, 3.63) is 121 Å². The highest BCUT2D eigenvalue weighted by Crippen LogP contribution is 2.57. The molecule has 44 heavy (non-hydrogen) atoms. The number of rotatable bonds is 5. The highest BCUT2D eigenvalue weighted by atomic mass is 16.3. The van der Waals surface area contributed by atoms with Gasteiger partial charge in [0.2, 0.25) is 0 Å². The lowest BCUT2D eigenvalue weighted by atomic mass is 9.63. The van der Waals surface area contributed by atoms with Crippen LogP contribution >= 0.6 is 0 Å². The van der Waals surface area contributed by atoms with Gasteiger partial charge in [0, 0.05) is 45.3 Å². The minimum Gasteiger partial charge on any atom is -0.455 e. The lowest BCUT2D eigenvalue weighted by molar-refractivity contribution is 0.280. The van der Waals surface area contributed by atoms with E-state index in [0.717, 1.165) is 38.6 Å². The standard InChI is InChI=1S/C39H32N4O/c1-23(2)39(24(3)4)32-18-19-40-22-31(32)29-20-30-27-16-11-17-28(35(27)44-34(30)21-33(29)39)38-42-36(25-12-7-5-8-13-25)41-37(43-38)26-14-9-6-10-15-26/h5-24H,1-4H3. The second-order valence-corrected chi connectivity index (χ2v) is 12.3. The molecule has 0 N–H and O–H groups in total. The van der Waals surface area contributed by atoms with Crippen molar-refractivity contribution in [2.75, 3.05) is 0 Å². The lowest BCUT2D eigenvalue weighted by Crippen LogP contribution is -2.37. The SMILES string of the molecule is CC(C)C1(C(C)C)c2ccncc2-c2cc3c(cc21)oc1c(-c2nc(-c4ccccc4)nc(-c4ccccc4)n2)cccc13. The monoisotopic (exact) mass is 572 g/mol. The summed E-state index contributed by atoms with van der Waals surface area (Å²) in [7, 11) is 0. The Balaban J connectivity index is 1.38. The van der Waals surface area contributed by atoms with E-state index in [-0.39, 0.29) is 5.41 Å². The number of benzene rings is 4. The second-order valence-electron chi connectivity index (χ2n) is 12.3. The molecule has 0 aliphatic heterocycles. The van der Waals surface area contributed by atoms with Crippen LogP contribution in [0.5, 0.6) is 0 Å². The van der Waals surface area contributed by atoms with E-state index >= 15 is 0 Å². The largest absolute Gasteiger partial charge is 0.455 e. The normalized spacial score (nSPS) is 13.6. The number of pyridine rings is 1. The molecule has 4 aromatic carbocycles. The molecule has 7 aromatic rings. The first-order chi connectivity index (χ1) is 21.5. The van der Waals surface area contributed by atoms with Crippen molar-refractivity contribution in [3.63, 3.8) is 0 Å². The number of para-hydroxylation sites is 1. The summed E-state index contributed by atoms with van der Waals surface area (Å²) in [6.07, 6.45) is 3.96. The summed E-state index contributed by atoms with van der Waals surface area (Å²) in [6.45, 7) is 9.32. The van der Waals surface area contributed by atoms with E-state index in [2.05, 4.69) is 63.0 Å². The van der Waals surface area contributed by atoms with Gasteiger partial charge in [-0.2, -0.15) is 0 Å². The van der Waals surface area contributed by atoms with Crippen molar-refractivity contribution in [2.45, 2.75) is 33.1 Å². The molecule has 0 bridgehead atoms. The summed E-state index contributed by atoms with van der Waals surface area (Å²) in [5.74, 6) is 2.62. The first-order valence-corrected chi connectivity index (χ1v) is 15.3. The van der Waals surface area contributed by atoms with Crippen LogP contribution in [0.2, 0.25) is 0 Å². The van der Waals surface area contributed by atoms with Crippen molar-refractivity contribution >= 4 is 21.9 Å². The maximum absolute atomic E-state index is 6.79. The first-order valence-electron chi connectivity index (χ1n) is 15.3. The van der Waals surface area contributed by atoms with Gasteiger partial charge in [-0.3, -0.25) is 4.98 Å². The van der Waals surface area contributed by atoms with Crippen molar-refractivity contribution in [3.8, 4) is 45.3 Å². The van der Waals surface area contributed by atoms with Gasteiger partial charge in [-0.15, -0.1) is 0 Å². The average molecular weight is 573 g/mol. The topological polar surface area (TPSA) is 64.7 Å². The quantitative estimate of drug-likeness (QED) is 0.205. The minimum atomic E-state index is -0.132. The van der Waals surface area contributed by atoms with Crippen LogP contribution in [0.4, 0.5) is 0 Å². The Morgan fingerprint density at radius 3 is 1.84 bits per heavy atom. The molecular weight excluding hydrogens is 540 g/mol. The zero-order chi connectivity index (χ0) is 30.0. The van der Waals surface area contributed by atoms with Crippen LogP contribution in [0, 0.1) is 11.8 Å². The zero-order valence-corrected chi connectivity index (χ0v) is 25.2. The second kappa shape index (κ2) is 9.95. The average Bonchev–Trinajstić information content (AvgIpc) is 3.57. The molecule has 1 aliphatic rings. The van der Waals surface area contributed by atoms with E-state index in [1.54, 1.807) is 0 Å². The molecule has 0 fully saturated rings. The van der Waals surface area contributed by atoms with Crippen LogP contribution in [0.3, 0.4) is 0 Å². The predicted octanol–water partition coefficient (Wildman–Crippen LogP) is 9.75. The molecule has 8 rings (SSSR count). The maximum atomic E-state index is 6.79. The van der Waals surface area contributed by atoms with Gasteiger partial charge in [0.05, 0.1) is 5.56 Å². The fourth-order valence-corrected chi connectivity index (χ4v) is 7.54. The third-order valence-corrected chi connectivity index (χ3v) is 9.40. The van der Waals surface area contributed by atoms with Crippen LogP contribution in [0.15, 0.2) is 114 Å². The van der Waals surface area contributed by atoms with Gasteiger partial charge in [0.15, 0.2) is 17.5 Å². The van der Waals surface area contributed by atoms with Gasteiger partial charge in [-0.05, 0) is 52.8 Å². The predicted molar refractivity (Wildman–Crippen MR) is 177 cm³/mol. The third-order valence-electron chi connectivity index (χ3n) is 9.40. The molecule has 0 radical (unpaired) electrons. The van der Waals surface area contributed by atoms with Crippen LogP contribution < -0.4 is 0 Å². The number of fused-ring (bicyclic) bond motifs is 6. The molecule has 0 unspecified atom stereocenters. The van der Waals surface area contributed by atoms with E-state index in [0.29, 0.717) is 29.3 Å². The summed E-state index contributed by atoms with van der Waals surface area (Å²) in [5.41, 5.74) is 9.38. The molecule has 3 aromatic heterocycles. The maximum Gasteiger partial charge on any atom is 0.167 e. The van der Waals surface area contributed by atoms with E-state index in [9.17, 15) is 0 Å². The summed E-state index contributed by atoms with van der Waals surface area (Å²) in [5, 5.41) is 2.12. The van der Waals surface area contributed by atoms with Gasteiger partial charge < -0.3 is 4.42 Å². The molecule has 0 saturated heterocycles.